The molecule has 0 saturated carbocycles. The Morgan fingerprint density at radius 3 is 2.84 bits per heavy atom. The Labute approximate surface area is 154 Å². The number of amides is 1. The number of nitrogens with zero attached hydrogens (tertiary/aromatic N) is 2. The van der Waals surface area contributed by atoms with Gasteiger partial charge in [-0.3, -0.25) is 4.79 Å². The number of aromatic nitrogens is 1. The van der Waals surface area contributed by atoms with Gasteiger partial charge in [-0.2, -0.15) is 0 Å². The number of hydrogen-bond donors (Lipinski definition) is 1. The van der Waals surface area contributed by atoms with E-state index in [2.05, 4.69) is 22.1 Å². The number of carbonyl (C=O) groups excluding carboxylic acids is 1. The highest BCUT2D eigenvalue weighted by Crippen LogP contribution is 2.25. The Morgan fingerprint density at radius 1 is 1.28 bits per heavy atom. The average Bonchev–Trinajstić information content (AvgIpc) is 2.63. The molecule has 1 N–H and O–H groups in total. The summed E-state index contributed by atoms with van der Waals surface area (Å²) in [6.45, 7) is 6.24. The number of hydrogen-bond acceptors (Lipinski definition) is 4. The number of benzene rings is 1. The van der Waals surface area contributed by atoms with Gasteiger partial charge in [0, 0.05) is 36.3 Å². The first kappa shape index (κ1) is 18.0. The van der Waals surface area contributed by atoms with Gasteiger partial charge in [0.1, 0.15) is 5.03 Å². The summed E-state index contributed by atoms with van der Waals surface area (Å²) in [6, 6.07) is 13.6. The van der Waals surface area contributed by atoms with Crippen LogP contribution < -0.4 is 5.32 Å². The van der Waals surface area contributed by atoms with Gasteiger partial charge >= 0.3 is 0 Å². The molecule has 1 aliphatic heterocycles. The average molecular weight is 356 g/mol. The third kappa shape index (κ3) is 5.58. The summed E-state index contributed by atoms with van der Waals surface area (Å²) in [5, 5.41) is 3.98. The molecule has 1 atom stereocenters. The first-order valence-corrected chi connectivity index (χ1v) is 9.72. The van der Waals surface area contributed by atoms with Gasteiger partial charge in [-0.1, -0.05) is 24.8 Å². The fourth-order valence-electron chi connectivity index (χ4n) is 3.12. The van der Waals surface area contributed by atoms with Gasteiger partial charge in [-0.15, -0.1) is 0 Å². The molecule has 1 aromatic heterocycles. The number of nitrogens with one attached hydrogen (secondary N) is 1. The summed E-state index contributed by atoms with van der Waals surface area (Å²) in [5.74, 6) is 0.771. The highest BCUT2D eigenvalue weighted by atomic mass is 32.2. The molecule has 5 heteroatoms. The van der Waals surface area contributed by atoms with Gasteiger partial charge in [-0.25, -0.2) is 4.98 Å². The first-order chi connectivity index (χ1) is 12.2. The number of likely N-dealkylation sites (tertiary alicyclic amines) is 1. The molecule has 1 aliphatic rings. The number of carbonyl (C=O) groups is 1. The van der Waals surface area contributed by atoms with Crippen molar-refractivity contribution < 1.29 is 4.79 Å². The van der Waals surface area contributed by atoms with E-state index in [1.165, 1.54) is 12.8 Å². The topological polar surface area (TPSA) is 45.2 Å². The van der Waals surface area contributed by atoms with Gasteiger partial charge < -0.3 is 10.2 Å². The lowest BCUT2D eigenvalue weighted by Gasteiger charge is -2.30. The van der Waals surface area contributed by atoms with E-state index in [4.69, 9.17) is 0 Å². The molecule has 0 bridgehead atoms. The summed E-state index contributed by atoms with van der Waals surface area (Å²) in [7, 11) is 0. The highest BCUT2D eigenvalue weighted by Gasteiger charge is 2.15. The van der Waals surface area contributed by atoms with Gasteiger partial charge in [0.2, 0.25) is 0 Å². The molecule has 0 aliphatic carbocycles. The van der Waals surface area contributed by atoms with E-state index in [-0.39, 0.29) is 5.91 Å². The van der Waals surface area contributed by atoms with E-state index < -0.39 is 0 Å². The molecule has 1 unspecified atom stereocenters. The number of pyridine rings is 1. The lowest BCUT2D eigenvalue weighted by Crippen LogP contribution is -2.40. The molecule has 1 aromatic carbocycles. The van der Waals surface area contributed by atoms with Gasteiger partial charge in [0.05, 0.1) is 0 Å². The van der Waals surface area contributed by atoms with Crippen molar-refractivity contribution in [2.75, 3.05) is 26.2 Å². The smallest absolute Gasteiger partial charge is 0.251 e. The summed E-state index contributed by atoms with van der Waals surface area (Å²) in [6.07, 6.45) is 4.38. The van der Waals surface area contributed by atoms with Crippen LogP contribution in [0.2, 0.25) is 0 Å². The van der Waals surface area contributed by atoms with Gasteiger partial charge in [0.25, 0.3) is 5.91 Å². The Morgan fingerprint density at radius 2 is 2.12 bits per heavy atom. The Balaban J connectivity index is 1.46. The van der Waals surface area contributed by atoms with E-state index in [1.807, 2.05) is 42.5 Å². The van der Waals surface area contributed by atoms with Crippen LogP contribution in [0.3, 0.4) is 0 Å². The minimum Gasteiger partial charge on any atom is -0.351 e. The molecule has 0 spiro atoms. The minimum atomic E-state index is -0.000515. The third-order valence-electron chi connectivity index (χ3n) is 4.43. The van der Waals surface area contributed by atoms with Gasteiger partial charge in [0.15, 0.2) is 0 Å². The Bertz CT molecular complexity index is 675. The van der Waals surface area contributed by atoms with Crippen LogP contribution in [-0.2, 0) is 0 Å². The van der Waals surface area contributed by atoms with Crippen LogP contribution in [0.25, 0.3) is 0 Å². The zero-order chi connectivity index (χ0) is 17.5. The maximum Gasteiger partial charge on any atom is 0.251 e. The van der Waals surface area contributed by atoms with Crippen LogP contribution >= 0.6 is 11.8 Å². The standard InChI is InChI=1S/C20H25N3OS/c1-16-5-4-13-23(15-16)14-12-22-20(24)17-7-9-18(10-8-17)25-19-6-2-3-11-21-19/h2-3,6-11,16H,4-5,12-15H2,1H3,(H,22,24). The van der Waals surface area contributed by atoms with Crippen LogP contribution in [0.5, 0.6) is 0 Å². The monoisotopic (exact) mass is 355 g/mol. The normalized spacial score (nSPS) is 18.0. The number of piperidine rings is 1. The van der Waals surface area contributed by atoms with E-state index in [0.29, 0.717) is 12.1 Å². The molecule has 4 nitrogen and oxygen atoms in total. The lowest BCUT2D eigenvalue weighted by molar-refractivity contribution is 0.0943. The van der Waals surface area contributed by atoms with Crippen molar-refractivity contribution in [3.63, 3.8) is 0 Å². The van der Waals surface area contributed by atoms with Crippen molar-refractivity contribution in [1.29, 1.82) is 0 Å². The van der Waals surface area contributed by atoms with Crippen LogP contribution in [0.1, 0.15) is 30.1 Å². The predicted octanol–water partition coefficient (Wildman–Crippen LogP) is 3.69. The summed E-state index contributed by atoms with van der Waals surface area (Å²) < 4.78 is 0. The second kappa shape index (κ2) is 9.02. The second-order valence-corrected chi connectivity index (χ2v) is 7.69. The molecule has 132 valence electrons. The maximum absolute atomic E-state index is 12.3. The molecular formula is C20H25N3OS. The highest BCUT2D eigenvalue weighted by molar-refractivity contribution is 7.99. The van der Waals surface area contributed by atoms with Crippen LogP contribution in [0.4, 0.5) is 0 Å². The van der Waals surface area contributed by atoms with Crippen LogP contribution in [-0.4, -0.2) is 42.0 Å². The van der Waals surface area contributed by atoms with Crippen molar-refractivity contribution >= 4 is 17.7 Å². The molecule has 2 aromatic rings. The zero-order valence-electron chi connectivity index (χ0n) is 14.6. The molecular weight excluding hydrogens is 330 g/mol. The molecule has 2 heterocycles. The number of rotatable bonds is 6. The molecule has 1 fully saturated rings. The fourth-order valence-corrected chi connectivity index (χ4v) is 3.90. The van der Waals surface area contributed by atoms with Crippen molar-refractivity contribution in [3.05, 3.63) is 54.2 Å². The van der Waals surface area contributed by atoms with Crippen molar-refractivity contribution in [3.8, 4) is 0 Å². The fraction of sp³-hybridized carbons (Fsp3) is 0.400. The second-order valence-electron chi connectivity index (χ2n) is 6.60. The van der Waals surface area contributed by atoms with Gasteiger partial charge in [-0.05, 0) is 61.7 Å². The molecule has 3 rings (SSSR count). The summed E-state index contributed by atoms with van der Waals surface area (Å²) in [4.78, 5) is 20.1. The largest absolute Gasteiger partial charge is 0.351 e. The third-order valence-corrected chi connectivity index (χ3v) is 5.39. The van der Waals surface area contributed by atoms with E-state index >= 15 is 0 Å². The van der Waals surface area contributed by atoms with Crippen molar-refractivity contribution in [1.82, 2.24) is 15.2 Å². The molecule has 0 radical (unpaired) electrons. The van der Waals surface area contributed by atoms with E-state index in [0.717, 1.165) is 35.5 Å². The molecule has 1 saturated heterocycles. The zero-order valence-corrected chi connectivity index (χ0v) is 15.5. The quantitative estimate of drug-likeness (QED) is 0.858. The minimum absolute atomic E-state index is 0.000515. The van der Waals surface area contributed by atoms with E-state index in [1.54, 1.807) is 18.0 Å². The Kier molecular flexibility index (Phi) is 6.48. The summed E-state index contributed by atoms with van der Waals surface area (Å²) >= 11 is 1.60. The lowest BCUT2D eigenvalue weighted by atomic mass is 10.0. The van der Waals surface area contributed by atoms with Crippen molar-refractivity contribution in [2.45, 2.75) is 29.7 Å². The SMILES string of the molecule is CC1CCCN(CCNC(=O)c2ccc(Sc3ccccn3)cc2)C1. The molecule has 25 heavy (non-hydrogen) atoms. The van der Waals surface area contributed by atoms with Crippen LogP contribution in [0, 0.1) is 5.92 Å². The molecule has 1 amide bonds. The first-order valence-electron chi connectivity index (χ1n) is 8.90. The Hall–Kier alpha value is -1.85. The van der Waals surface area contributed by atoms with Crippen molar-refractivity contribution in [2.24, 2.45) is 5.92 Å². The van der Waals surface area contributed by atoms with E-state index in [9.17, 15) is 4.79 Å². The maximum atomic E-state index is 12.3. The predicted molar refractivity (Wildman–Crippen MR) is 102 cm³/mol. The van der Waals surface area contributed by atoms with Crippen LogP contribution in [0.15, 0.2) is 58.6 Å². The summed E-state index contributed by atoms with van der Waals surface area (Å²) in [5.41, 5.74) is 0.706.